The lowest BCUT2D eigenvalue weighted by Crippen LogP contribution is -2.51. The molecule has 0 aromatic carbocycles. The van der Waals surface area contributed by atoms with Crippen LogP contribution >= 0.6 is 0 Å². The summed E-state index contributed by atoms with van der Waals surface area (Å²) in [5.74, 6) is -2.62. The molecule has 0 aliphatic heterocycles. The smallest absolute Gasteiger partial charge is 0.322 e. The van der Waals surface area contributed by atoms with Crippen LogP contribution in [0.15, 0.2) is 0 Å². The molecular weight excluding hydrogens is 238 g/mol. The third kappa shape index (κ3) is 4.87. The van der Waals surface area contributed by atoms with Gasteiger partial charge in [-0.15, -0.1) is 0 Å². The molecule has 0 saturated carbocycles. The highest BCUT2D eigenvalue weighted by Gasteiger charge is 2.34. The maximum Gasteiger partial charge on any atom is 0.322 e. The van der Waals surface area contributed by atoms with Gasteiger partial charge in [-0.05, 0) is 0 Å². The minimum Gasteiger partial charge on any atom is -0.480 e. The van der Waals surface area contributed by atoms with E-state index in [1.807, 2.05) is 0 Å². The van der Waals surface area contributed by atoms with E-state index in [9.17, 15) is 24.6 Å². The minimum absolute atomic E-state index is 0.0875. The summed E-state index contributed by atoms with van der Waals surface area (Å²) in [6.45, 7) is -0.783. The molecule has 6 N–H and O–H groups in total. The number of hydrogen-bond donors (Lipinski definition) is 6. The Morgan fingerprint density at radius 1 is 1.12 bits per heavy atom. The fraction of sp³-hybridized carbons (Fsp3) is 0.625. The van der Waals surface area contributed by atoms with Crippen LogP contribution in [0.25, 0.3) is 0 Å². The van der Waals surface area contributed by atoms with Crippen LogP contribution in [0.2, 0.25) is 0 Å². The highest BCUT2D eigenvalue weighted by Crippen LogP contribution is 2.04. The van der Waals surface area contributed by atoms with Crippen LogP contribution < -0.4 is 5.32 Å². The van der Waals surface area contributed by atoms with Crippen molar-refractivity contribution in [1.82, 2.24) is 5.32 Å². The number of aliphatic carboxylic acids is 1. The zero-order valence-corrected chi connectivity index (χ0v) is 8.55. The summed E-state index contributed by atoms with van der Waals surface area (Å²) in [6.07, 6.45) is -8.40. The average molecular weight is 251 g/mol. The Hall–Kier alpha value is -1.55. The van der Waals surface area contributed by atoms with Crippen molar-refractivity contribution in [2.24, 2.45) is 0 Å². The van der Waals surface area contributed by atoms with Gasteiger partial charge in [-0.2, -0.15) is 0 Å². The van der Waals surface area contributed by atoms with Crippen molar-refractivity contribution in [3.8, 4) is 0 Å². The molecule has 0 rings (SSSR count). The molecule has 0 aromatic rings. The zero-order chi connectivity index (χ0) is 13.6. The van der Waals surface area contributed by atoms with Crippen LogP contribution in [-0.2, 0) is 14.4 Å². The minimum atomic E-state index is -2.17. The van der Waals surface area contributed by atoms with Crippen LogP contribution in [0.5, 0.6) is 0 Å². The van der Waals surface area contributed by atoms with E-state index in [1.165, 1.54) is 0 Å². The Morgan fingerprint density at radius 2 is 1.65 bits per heavy atom. The van der Waals surface area contributed by atoms with Crippen LogP contribution in [0.1, 0.15) is 0 Å². The van der Waals surface area contributed by atoms with E-state index >= 15 is 0 Å². The van der Waals surface area contributed by atoms with Crippen molar-refractivity contribution in [2.75, 3.05) is 6.54 Å². The van der Waals surface area contributed by atoms with Gasteiger partial charge in [0.25, 0.3) is 5.91 Å². The van der Waals surface area contributed by atoms with Gasteiger partial charge in [-0.3, -0.25) is 9.59 Å². The first-order valence-electron chi connectivity index (χ1n) is 4.48. The van der Waals surface area contributed by atoms with Crippen molar-refractivity contribution >= 4 is 18.2 Å². The molecule has 4 atom stereocenters. The van der Waals surface area contributed by atoms with E-state index in [0.717, 1.165) is 0 Å². The molecule has 0 aliphatic rings. The monoisotopic (exact) mass is 251 g/mol. The lowest BCUT2D eigenvalue weighted by Gasteiger charge is -2.23. The number of nitrogens with one attached hydrogen (secondary N) is 1. The van der Waals surface area contributed by atoms with E-state index in [-0.39, 0.29) is 6.29 Å². The number of amides is 1. The van der Waals surface area contributed by atoms with Gasteiger partial charge in [0.05, 0.1) is 0 Å². The van der Waals surface area contributed by atoms with Gasteiger partial charge >= 0.3 is 5.97 Å². The molecule has 9 nitrogen and oxygen atoms in total. The van der Waals surface area contributed by atoms with Crippen LogP contribution in [0, 0.1) is 0 Å². The molecule has 0 unspecified atom stereocenters. The summed E-state index contributed by atoms with van der Waals surface area (Å²) in [4.78, 5) is 31.2. The maximum atomic E-state index is 11.0. The van der Waals surface area contributed by atoms with Crippen molar-refractivity contribution in [2.45, 2.75) is 24.4 Å². The highest BCUT2D eigenvalue weighted by molar-refractivity contribution is 5.84. The van der Waals surface area contributed by atoms with E-state index in [1.54, 1.807) is 5.32 Å². The summed E-state index contributed by atoms with van der Waals surface area (Å²) in [6, 6.07) is 0. The standard InChI is InChI=1S/C8H13NO8/c10-2-3(11)5(14)6(15)7(16)8(17)9-1-4(12)13/h2-3,5-7,11,14-16H,1H2,(H,9,17)(H,12,13)/t3-,5+,6+,7-/m0/s1. The second-order valence-corrected chi connectivity index (χ2v) is 3.16. The number of carboxylic acid groups (broad SMARTS) is 1. The summed E-state index contributed by atoms with van der Waals surface area (Å²) in [5, 5.41) is 46.3. The molecule has 0 bridgehead atoms. The molecule has 9 heteroatoms. The Kier molecular flexibility index (Phi) is 6.28. The molecule has 0 radical (unpaired) electrons. The number of rotatable bonds is 7. The van der Waals surface area contributed by atoms with Crippen LogP contribution in [0.3, 0.4) is 0 Å². The summed E-state index contributed by atoms with van der Waals surface area (Å²) >= 11 is 0. The SMILES string of the molecule is O=C[C@H](O)[C@@H](O)[C@@H](O)[C@H](O)C(=O)NCC(=O)O. The number of aliphatic hydroxyl groups excluding tert-OH is 4. The lowest BCUT2D eigenvalue weighted by molar-refractivity contribution is -0.151. The molecule has 0 heterocycles. The number of carbonyl (C=O) groups excluding carboxylic acids is 2. The largest absolute Gasteiger partial charge is 0.480 e. The topological polar surface area (TPSA) is 164 Å². The van der Waals surface area contributed by atoms with Gasteiger partial charge in [0, 0.05) is 0 Å². The molecule has 0 aliphatic carbocycles. The normalized spacial score (nSPS) is 17.6. The molecular formula is C8H13NO8. The van der Waals surface area contributed by atoms with Crippen molar-refractivity contribution < 1.29 is 39.9 Å². The molecule has 0 saturated heterocycles. The van der Waals surface area contributed by atoms with Crippen LogP contribution in [0.4, 0.5) is 0 Å². The number of aliphatic hydroxyl groups is 4. The maximum absolute atomic E-state index is 11.0. The Balaban J connectivity index is 4.37. The van der Waals surface area contributed by atoms with Crippen molar-refractivity contribution in [1.29, 1.82) is 0 Å². The quantitative estimate of drug-likeness (QED) is 0.248. The number of carboxylic acids is 1. The number of aldehydes is 1. The first-order valence-corrected chi connectivity index (χ1v) is 4.48. The van der Waals surface area contributed by atoms with Crippen molar-refractivity contribution in [3.63, 3.8) is 0 Å². The summed E-state index contributed by atoms with van der Waals surface area (Å²) in [7, 11) is 0. The summed E-state index contributed by atoms with van der Waals surface area (Å²) in [5.41, 5.74) is 0. The Labute approximate surface area is 95.3 Å². The number of carbonyl (C=O) groups is 3. The van der Waals surface area contributed by atoms with Crippen LogP contribution in [-0.4, -0.2) is 74.7 Å². The molecule has 0 spiro atoms. The third-order valence-electron chi connectivity index (χ3n) is 1.85. The van der Waals surface area contributed by atoms with E-state index in [4.69, 9.17) is 15.3 Å². The fourth-order valence-corrected chi connectivity index (χ4v) is 0.892. The Morgan fingerprint density at radius 3 is 2.06 bits per heavy atom. The third-order valence-corrected chi connectivity index (χ3v) is 1.85. The van der Waals surface area contributed by atoms with Gasteiger partial charge < -0.3 is 35.6 Å². The first-order chi connectivity index (χ1) is 7.81. The molecule has 1 amide bonds. The van der Waals surface area contributed by atoms with E-state index < -0.39 is 42.8 Å². The van der Waals surface area contributed by atoms with Gasteiger partial charge in [-0.1, -0.05) is 0 Å². The predicted octanol–water partition coefficient (Wildman–Crippen LogP) is -4.17. The lowest BCUT2D eigenvalue weighted by atomic mass is 10.0. The zero-order valence-electron chi connectivity index (χ0n) is 8.55. The molecule has 17 heavy (non-hydrogen) atoms. The first kappa shape index (κ1) is 15.4. The average Bonchev–Trinajstić information content (AvgIpc) is 2.31. The van der Waals surface area contributed by atoms with E-state index in [2.05, 4.69) is 0 Å². The second-order valence-electron chi connectivity index (χ2n) is 3.16. The Bertz CT molecular complexity index is 293. The van der Waals surface area contributed by atoms with E-state index in [0.29, 0.717) is 0 Å². The number of hydrogen-bond acceptors (Lipinski definition) is 7. The van der Waals surface area contributed by atoms with Gasteiger partial charge in [0.15, 0.2) is 12.4 Å². The van der Waals surface area contributed by atoms with Gasteiger partial charge in [-0.25, -0.2) is 0 Å². The molecule has 98 valence electrons. The highest BCUT2D eigenvalue weighted by atomic mass is 16.4. The fourth-order valence-electron chi connectivity index (χ4n) is 0.892. The van der Waals surface area contributed by atoms with Gasteiger partial charge in [0.1, 0.15) is 24.9 Å². The molecule has 0 fully saturated rings. The van der Waals surface area contributed by atoms with Crippen molar-refractivity contribution in [3.05, 3.63) is 0 Å². The molecule has 0 aromatic heterocycles. The summed E-state index contributed by atoms with van der Waals surface area (Å²) < 4.78 is 0. The predicted molar refractivity (Wildman–Crippen MR) is 50.7 cm³/mol. The van der Waals surface area contributed by atoms with Gasteiger partial charge in [0.2, 0.25) is 0 Å². The second kappa shape index (κ2) is 6.91.